The Labute approximate surface area is 135 Å². The summed E-state index contributed by atoms with van der Waals surface area (Å²) >= 11 is 0. The maximum atomic E-state index is 12.2. The minimum Gasteiger partial charge on any atom is -0.350 e. The van der Waals surface area contributed by atoms with Gasteiger partial charge in [0.25, 0.3) is 5.91 Å². The Kier molecular flexibility index (Phi) is 5.00. The van der Waals surface area contributed by atoms with Crippen LogP contribution in [0.3, 0.4) is 0 Å². The SMILES string of the molecule is Cc1nc(-c2ccccc2)ccc1C(=O)NOC1CCCCO1. The van der Waals surface area contributed by atoms with E-state index < -0.39 is 0 Å². The summed E-state index contributed by atoms with van der Waals surface area (Å²) in [6.45, 7) is 2.49. The predicted molar refractivity (Wildman–Crippen MR) is 86.6 cm³/mol. The van der Waals surface area contributed by atoms with Gasteiger partial charge in [0.2, 0.25) is 0 Å². The number of nitrogens with zero attached hydrogens (tertiary/aromatic N) is 1. The number of ether oxygens (including phenoxy) is 1. The van der Waals surface area contributed by atoms with Crippen LogP contribution in [0.25, 0.3) is 11.3 Å². The lowest BCUT2D eigenvalue weighted by molar-refractivity contribution is -0.186. The van der Waals surface area contributed by atoms with Crippen LogP contribution >= 0.6 is 0 Å². The Hall–Kier alpha value is -2.24. The van der Waals surface area contributed by atoms with Crippen molar-refractivity contribution >= 4 is 5.91 Å². The molecule has 1 aliphatic heterocycles. The van der Waals surface area contributed by atoms with E-state index in [0.717, 1.165) is 30.5 Å². The number of hydrogen-bond donors (Lipinski definition) is 1. The molecule has 5 heteroatoms. The van der Waals surface area contributed by atoms with E-state index in [2.05, 4.69) is 10.5 Å². The van der Waals surface area contributed by atoms with Crippen LogP contribution in [0.5, 0.6) is 0 Å². The number of benzene rings is 1. The van der Waals surface area contributed by atoms with Crippen molar-refractivity contribution in [2.24, 2.45) is 0 Å². The van der Waals surface area contributed by atoms with Crippen LogP contribution < -0.4 is 5.48 Å². The van der Waals surface area contributed by atoms with Crippen LogP contribution in [0, 0.1) is 6.92 Å². The molecule has 0 spiro atoms. The van der Waals surface area contributed by atoms with E-state index in [0.29, 0.717) is 17.9 Å². The van der Waals surface area contributed by atoms with Gasteiger partial charge in [-0.1, -0.05) is 30.3 Å². The third-order valence-electron chi connectivity index (χ3n) is 3.82. The van der Waals surface area contributed by atoms with Crippen LogP contribution in [0.2, 0.25) is 0 Å². The number of amides is 1. The zero-order chi connectivity index (χ0) is 16.1. The van der Waals surface area contributed by atoms with Gasteiger partial charge in [0.1, 0.15) is 0 Å². The minimum absolute atomic E-state index is 0.302. The van der Waals surface area contributed by atoms with Crippen molar-refractivity contribution < 1.29 is 14.4 Å². The van der Waals surface area contributed by atoms with Crippen molar-refractivity contribution in [1.29, 1.82) is 0 Å². The molecule has 120 valence electrons. The number of carbonyl (C=O) groups is 1. The van der Waals surface area contributed by atoms with Crippen molar-refractivity contribution in [3.63, 3.8) is 0 Å². The molecular weight excluding hydrogens is 292 g/mol. The topological polar surface area (TPSA) is 60.5 Å². The van der Waals surface area contributed by atoms with Crippen molar-refractivity contribution in [2.45, 2.75) is 32.5 Å². The summed E-state index contributed by atoms with van der Waals surface area (Å²) in [5.74, 6) is -0.302. The van der Waals surface area contributed by atoms with E-state index in [1.165, 1.54) is 0 Å². The summed E-state index contributed by atoms with van der Waals surface area (Å²) in [5.41, 5.74) is 5.50. The maximum absolute atomic E-state index is 12.2. The van der Waals surface area contributed by atoms with Crippen molar-refractivity contribution in [3.05, 3.63) is 53.7 Å². The van der Waals surface area contributed by atoms with Gasteiger partial charge in [0, 0.05) is 18.6 Å². The lowest BCUT2D eigenvalue weighted by Gasteiger charge is -2.22. The summed E-state index contributed by atoms with van der Waals surface area (Å²) in [5, 5.41) is 0. The molecule has 0 bridgehead atoms. The summed E-state index contributed by atoms with van der Waals surface area (Å²) in [6.07, 6.45) is 2.53. The monoisotopic (exact) mass is 312 g/mol. The third-order valence-corrected chi connectivity index (χ3v) is 3.82. The van der Waals surface area contributed by atoms with E-state index in [4.69, 9.17) is 9.57 Å². The van der Waals surface area contributed by atoms with Gasteiger partial charge in [-0.25, -0.2) is 10.3 Å². The first-order valence-electron chi connectivity index (χ1n) is 7.85. The van der Waals surface area contributed by atoms with Crippen LogP contribution in [0.15, 0.2) is 42.5 Å². The zero-order valence-corrected chi connectivity index (χ0v) is 13.1. The van der Waals surface area contributed by atoms with Gasteiger partial charge in [-0.05, 0) is 31.9 Å². The highest BCUT2D eigenvalue weighted by molar-refractivity contribution is 5.94. The number of nitrogens with one attached hydrogen (secondary N) is 1. The van der Waals surface area contributed by atoms with Crippen LogP contribution in [-0.2, 0) is 9.57 Å². The van der Waals surface area contributed by atoms with E-state index in [-0.39, 0.29) is 12.2 Å². The van der Waals surface area contributed by atoms with Gasteiger partial charge in [-0.2, -0.15) is 0 Å². The Morgan fingerprint density at radius 1 is 1.22 bits per heavy atom. The molecule has 1 N–H and O–H groups in total. The molecule has 1 fully saturated rings. The Balaban J connectivity index is 1.66. The number of aryl methyl sites for hydroxylation is 1. The summed E-state index contributed by atoms with van der Waals surface area (Å²) < 4.78 is 5.42. The molecule has 1 aliphatic rings. The van der Waals surface area contributed by atoms with E-state index in [1.807, 2.05) is 43.3 Å². The van der Waals surface area contributed by atoms with E-state index in [1.54, 1.807) is 6.07 Å². The molecule has 3 rings (SSSR count). The molecule has 1 unspecified atom stereocenters. The molecule has 1 amide bonds. The van der Waals surface area contributed by atoms with Gasteiger partial charge >= 0.3 is 0 Å². The molecule has 0 saturated carbocycles. The highest BCUT2D eigenvalue weighted by Gasteiger charge is 2.17. The smallest absolute Gasteiger partial charge is 0.276 e. The molecule has 1 atom stereocenters. The normalized spacial score (nSPS) is 17.7. The number of carbonyl (C=O) groups excluding carboxylic acids is 1. The molecule has 1 aromatic heterocycles. The second-order valence-corrected chi connectivity index (χ2v) is 5.54. The highest BCUT2D eigenvalue weighted by atomic mass is 16.8. The average molecular weight is 312 g/mol. The van der Waals surface area contributed by atoms with Gasteiger partial charge < -0.3 is 4.74 Å². The van der Waals surface area contributed by atoms with Crippen LogP contribution in [0.4, 0.5) is 0 Å². The van der Waals surface area contributed by atoms with Crippen molar-refractivity contribution in [1.82, 2.24) is 10.5 Å². The summed E-state index contributed by atoms with van der Waals surface area (Å²) in [6, 6.07) is 13.5. The van der Waals surface area contributed by atoms with Gasteiger partial charge in [0.15, 0.2) is 6.29 Å². The van der Waals surface area contributed by atoms with E-state index >= 15 is 0 Å². The quantitative estimate of drug-likeness (QED) is 0.880. The average Bonchev–Trinajstić information content (AvgIpc) is 2.61. The Morgan fingerprint density at radius 2 is 2.04 bits per heavy atom. The van der Waals surface area contributed by atoms with Crippen LogP contribution in [0.1, 0.15) is 35.3 Å². The Morgan fingerprint density at radius 3 is 2.74 bits per heavy atom. The fourth-order valence-corrected chi connectivity index (χ4v) is 2.55. The molecule has 5 nitrogen and oxygen atoms in total. The summed E-state index contributed by atoms with van der Waals surface area (Å²) in [7, 11) is 0. The summed E-state index contributed by atoms with van der Waals surface area (Å²) in [4.78, 5) is 22.1. The molecule has 1 aromatic carbocycles. The lowest BCUT2D eigenvalue weighted by atomic mass is 10.1. The zero-order valence-electron chi connectivity index (χ0n) is 13.1. The van der Waals surface area contributed by atoms with Crippen LogP contribution in [-0.4, -0.2) is 23.8 Å². The number of aromatic nitrogens is 1. The first-order valence-corrected chi connectivity index (χ1v) is 7.85. The Bertz CT molecular complexity index is 667. The maximum Gasteiger partial charge on any atom is 0.276 e. The molecular formula is C18H20N2O3. The standard InChI is InChI=1S/C18H20N2O3/c1-13-15(18(21)20-23-17-9-5-6-12-22-17)10-11-16(19-13)14-7-3-2-4-8-14/h2-4,7-8,10-11,17H,5-6,9,12H2,1H3,(H,20,21). The number of pyridine rings is 1. The third kappa shape index (κ3) is 3.94. The van der Waals surface area contributed by atoms with Crippen molar-refractivity contribution in [3.8, 4) is 11.3 Å². The van der Waals surface area contributed by atoms with E-state index in [9.17, 15) is 4.79 Å². The van der Waals surface area contributed by atoms with Gasteiger partial charge in [-0.3, -0.25) is 9.78 Å². The molecule has 0 radical (unpaired) electrons. The fraction of sp³-hybridized carbons (Fsp3) is 0.333. The predicted octanol–water partition coefficient (Wildman–Crippen LogP) is 3.25. The minimum atomic E-state index is -0.357. The van der Waals surface area contributed by atoms with Gasteiger partial charge in [-0.15, -0.1) is 0 Å². The highest BCUT2D eigenvalue weighted by Crippen LogP contribution is 2.19. The molecule has 1 saturated heterocycles. The lowest BCUT2D eigenvalue weighted by Crippen LogP contribution is -2.33. The molecule has 0 aliphatic carbocycles. The molecule has 2 aromatic rings. The first-order chi connectivity index (χ1) is 11.2. The fourth-order valence-electron chi connectivity index (χ4n) is 2.55. The second-order valence-electron chi connectivity index (χ2n) is 5.54. The van der Waals surface area contributed by atoms with Crippen molar-refractivity contribution in [2.75, 3.05) is 6.61 Å². The molecule has 23 heavy (non-hydrogen) atoms. The number of rotatable bonds is 4. The second kappa shape index (κ2) is 7.35. The largest absolute Gasteiger partial charge is 0.350 e. The van der Waals surface area contributed by atoms with Gasteiger partial charge in [0.05, 0.1) is 17.0 Å². The number of hydroxylamine groups is 1. The molecule has 2 heterocycles. The number of hydrogen-bond acceptors (Lipinski definition) is 4. The first kappa shape index (κ1) is 15.6.